The monoisotopic (exact) mass is 574 g/mol. The molecule has 0 aliphatic heterocycles. The number of hydrogen-bond donors (Lipinski definition) is 1. The maximum Gasteiger partial charge on any atom is 0.243 e. The Labute approximate surface area is 210 Å². The quantitative estimate of drug-likeness (QED) is 0.347. The molecular formula is C22H18BrCl3N2O3S. The average molecular weight is 577 g/mol. The van der Waals surface area contributed by atoms with Gasteiger partial charge in [-0.3, -0.25) is 4.79 Å². The Kier molecular flexibility index (Phi) is 8.25. The number of nitrogens with one attached hydrogen (secondary N) is 1. The summed E-state index contributed by atoms with van der Waals surface area (Å²) in [5.74, 6) is -0.490. The van der Waals surface area contributed by atoms with Crippen LogP contribution in [0.3, 0.4) is 0 Å². The van der Waals surface area contributed by atoms with Gasteiger partial charge < -0.3 is 5.32 Å². The van der Waals surface area contributed by atoms with Gasteiger partial charge in [0.05, 0.1) is 21.5 Å². The summed E-state index contributed by atoms with van der Waals surface area (Å²) in [6.07, 6.45) is 0. The minimum absolute atomic E-state index is 0.0660. The van der Waals surface area contributed by atoms with Crippen molar-refractivity contribution < 1.29 is 13.2 Å². The summed E-state index contributed by atoms with van der Waals surface area (Å²) >= 11 is 21.3. The van der Waals surface area contributed by atoms with Crippen LogP contribution in [0.15, 0.2) is 70.0 Å². The Bertz CT molecular complexity index is 1250. The third-order valence-electron chi connectivity index (χ3n) is 4.58. The molecule has 0 radical (unpaired) electrons. The number of aryl methyl sites for hydroxylation is 1. The Balaban J connectivity index is 1.90. The van der Waals surface area contributed by atoms with Crippen molar-refractivity contribution in [2.75, 3.05) is 11.9 Å². The number of amides is 1. The molecule has 0 aliphatic carbocycles. The number of anilines is 1. The molecule has 0 aromatic heterocycles. The SMILES string of the molecule is Cc1cc(Cl)ccc1NC(=O)CN(Cc1ccc(Cl)c(Cl)c1)S(=O)(=O)c1ccc(Br)cc1. The molecule has 0 saturated carbocycles. The summed E-state index contributed by atoms with van der Waals surface area (Å²) in [5.41, 5.74) is 1.91. The molecule has 1 N–H and O–H groups in total. The van der Waals surface area contributed by atoms with Crippen molar-refractivity contribution in [1.29, 1.82) is 0 Å². The van der Waals surface area contributed by atoms with Gasteiger partial charge in [-0.05, 0) is 72.6 Å². The van der Waals surface area contributed by atoms with Crippen LogP contribution in [-0.4, -0.2) is 25.2 Å². The molecule has 0 aliphatic rings. The van der Waals surface area contributed by atoms with Crippen molar-refractivity contribution in [3.8, 4) is 0 Å². The maximum absolute atomic E-state index is 13.4. The molecule has 3 rings (SSSR count). The number of nitrogens with zero attached hydrogens (tertiary/aromatic N) is 1. The third kappa shape index (κ3) is 6.25. The van der Waals surface area contributed by atoms with Gasteiger partial charge in [-0.1, -0.05) is 56.8 Å². The Hall–Kier alpha value is -1.61. The molecule has 32 heavy (non-hydrogen) atoms. The lowest BCUT2D eigenvalue weighted by atomic mass is 10.2. The fraction of sp³-hybridized carbons (Fsp3) is 0.136. The van der Waals surface area contributed by atoms with E-state index in [9.17, 15) is 13.2 Å². The van der Waals surface area contributed by atoms with E-state index in [0.717, 1.165) is 14.3 Å². The van der Waals surface area contributed by atoms with Crippen LogP contribution >= 0.6 is 50.7 Å². The molecule has 0 atom stereocenters. The van der Waals surface area contributed by atoms with Crippen LogP contribution in [0.5, 0.6) is 0 Å². The predicted molar refractivity (Wildman–Crippen MR) is 133 cm³/mol. The molecule has 168 valence electrons. The molecular weight excluding hydrogens is 559 g/mol. The normalized spacial score (nSPS) is 11.6. The van der Waals surface area contributed by atoms with Gasteiger partial charge in [0.25, 0.3) is 0 Å². The first-order chi connectivity index (χ1) is 15.1. The maximum atomic E-state index is 13.4. The van der Waals surface area contributed by atoms with Crippen molar-refractivity contribution in [3.63, 3.8) is 0 Å². The zero-order chi connectivity index (χ0) is 23.5. The first kappa shape index (κ1) is 25.0. The number of halogens is 4. The van der Waals surface area contributed by atoms with E-state index in [2.05, 4.69) is 21.2 Å². The van der Waals surface area contributed by atoms with Gasteiger partial charge in [-0.25, -0.2) is 8.42 Å². The molecule has 0 bridgehead atoms. The van der Waals surface area contributed by atoms with E-state index in [1.807, 2.05) is 0 Å². The second-order valence-electron chi connectivity index (χ2n) is 6.98. The summed E-state index contributed by atoms with van der Waals surface area (Å²) < 4.78 is 28.5. The molecule has 0 spiro atoms. The van der Waals surface area contributed by atoms with Crippen LogP contribution < -0.4 is 5.32 Å². The summed E-state index contributed by atoms with van der Waals surface area (Å²) in [4.78, 5) is 12.9. The second-order valence-corrected chi connectivity index (χ2v) is 11.1. The largest absolute Gasteiger partial charge is 0.325 e. The van der Waals surface area contributed by atoms with E-state index in [0.29, 0.717) is 26.3 Å². The minimum Gasteiger partial charge on any atom is -0.325 e. The molecule has 0 heterocycles. The first-order valence-electron chi connectivity index (χ1n) is 9.32. The van der Waals surface area contributed by atoms with Crippen LogP contribution in [0.25, 0.3) is 0 Å². The zero-order valence-electron chi connectivity index (χ0n) is 16.8. The fourth-order valence-electron chi connectivity index (χ4n) is 2.94. The van der Waals surface area contributed by atoms with E-state index in [-0.39, 0.29) is 11.4 Å². The minimum atomic E-state index is -3.99. The second kappa shape index (κ2) is 10.5. The summed E-state index contributed by atoms with van der Waals surface area (Å²) in [5, 5.41) is 3.94. The van der Waals surface area contributed by atoms with Gasteiger partial charge >= 0.3 is 0 Å². The van der Waals surface area contributed by atoms with Crippen molar-refractivity contribution in [1.82, 2.24) is 4.31 Å². The first-order valence-corrected chi connectivity index (χ1v) is 12.7. The Morgan fingerprint density at radius 3 is 2.28 bits per heavy atom. The van der Waals surface area contributed by atoms with Gasteiger partial charge in [0, 0.05) is 21.7 Å². The van der Waals surface area contributed by atoms with Gasteiger partial charge in [-0.2, -0.15) is 4.31 Å². The number of hydrogen-bond acceptors (Lipinski definition) is 3. The van der Waals surface area contributed by atoms with Gasteiger partial charge in [0.2, 0.25) is 15.9 Å². The number of sulfonamides is 1. The highest BCUT2D eigenvalue weighted by Crippen LogP contribution is 2.26. The topological polar surface area (TPSA) is 66.5 Å². The Morgan fingerprint density at radius 2 is 1.66 bits per heavy atom. The molecule has 0 fully saturated rings. The molecule has 0 saturated heterocycles. The highest BCUT2D eigenvalue weighted by Gasteiger charge is 2.27. The lowest BCUT2D eigenvalue weighted by Gasteiger charge is -2.22. The summed E-state index contributed by atoms with van der Waals surface area (Å²) in [7, 11) is -3.99. The molecule has 0 unspecified atom stereocenters. The number of benzene rings is 3. The highest BCUT2D eigenvalue weighted by atomic mass is 79.9. The smallest absolute Gasteiger partial charge is 0.243 e. The van der Waals surface area contributed by atoms with Crippen LogP contribution in [0.1, 0.15) is 11.1 Å². The van der Waals surface area contributed by atoms with Gasteiger partial charge in [0.15, 0.2) is 0 Å². The van der Waals surface area contributed by atoms with E-state index in [4.69, 9.17) is 34.8 Å². The standard InChI is InChI=1S/C22H18BrCl3N2O3S/c1-14-10-17(24)5-9-21(14)27-22(29)13-28(12-15-2-8-19(25)20(26)11-15)32(30,31)18-6-3-16(23)4-7-18/h2-11H,12-13H2,1H3,(H,27,29). The number of carbonyl (C=O) groups is 1. The molecule has 10 heteroatoms. The zero-order valence-corrected chi connectivity index (χ0v) is 21.5. The van der Waals surface area contributed by atoms with Crippen molar-refractivity contribution in [2.45, 2.75) is 18.4 Å². The van der Waals surface area contributed by atoms with Crippen LogP contribution in [0.2, 0.25) is 15.1 Å². The molecule has 3 aromatic carbocycles. The summed E-state index contributed by atoms with van der Waals surface area (Å²) in [6, 6.07) is 16.1. The van der Waals surface area contributed by atoms with Crippen LogP contribution in [0, 0.1) is 6.92 Å². The fourth-order valence-corrected chi connectivity index (χ4v) is 5.14. The highest BCUT2D eigenvalue weighted by molar-refractivity contribution is 9.10. The Morgan fingerprint density at radius 1 is 0.969 bits per heavy atom. The lowest BCUT2D eigenvalue weighted by Crippen LogP contribution is -2.37. The third-order valence-corrected chi connectivity index (χ3v) is 7.89. The van der Waals surface area contributed by atoms with Crippen LogP contribution in [0.4, 0.5) is 5.69 Å². The number of rotatable bonds is 7. The van der Waals surface area contributed by atoms with Crippen molar-refractivity contribution in [2.24, 2.45) is 0 Å². The van der Waals surface area contributed by atoms with Gasteiger partial charge in [0.1, 0.15) is 0 Å². The predicted octanol–water partition coefficient (Wildman–Crippen LogP) is 6.55. The average Bonchev–Trinajstić information content (AvgIpc) is 2.72. The van der Waals surface area contributed by atoms with E-state index in [1.54, 1.807) is 55.5 Å². The molecule has 5 nitrogen and oxygen atoms in total. The summed E-state index contributed by atoms with van der Waals surface area (Å²) in [6.45, 7) is 1.33. The lowest BCUT2D eigenvalue weighted by molar-refractivity contribution is -0.116. The van der Waals surface area contributed by atoms with Crippen LogP contribution in [-0.2, 0) is 21.4 Å². The van der Waals surface area contributed by atoms with E-state index < -0.39 is 22.5 Å². The van der Waals surface area contributed by atoms with E-state index in [1.165, 1.54) is 12.1 Å². The molecule has 3 aromatic rings. The number of carbonyl (C=O) groups excluding carboxylic acids is 1. The molecule has 1 amide bonds. The van der Waals surface area contributed by atoms with Crippen molar-refractivity contribution in [3.05, 3.63) is 91.3 Å². The van der Waals surface area contributed by atoms with Crippen molar-refractivity contribution >= 4 is 72.4 Å². The van der Waals surface area contributed by atoms with E-state index >= 15 is 0 Å². The van der Waals surface area contributed by atoms with Gasteiger partial charge in [-0.15, -0.1) is 0 Å².